The molecule has 0 radical (unpaired) electrons. The maximum atomic E-state index is 12.9. The molecule has 0 aliphatic heterocycles. The fourth-order valence-electron chi connectivity index (χ4n) is 2.30. The highest BCUT2D eigenvalue weighted by Crippen LogP contribution is 2.26. The molecule has 134 valence electrons. The Morgan fingerprint density at radius 1 is 1.12 bits per heavy atom. The summed E-state index contributed by atoms with van der Waals surface area (Å²) in [6.45, 7) is 2.56. The minimum absolute atomic E-state index is 0.0361. The summed E-state index contributed by atoms with van der Waals surface area (Å²) in [4.78, 5) is 16.6. The third-order valence-corrected chi connectivity index (χ3v) is 5.90. The fraction of sp³-hybridized carbons (Fsp3) is 0.200. The largest absolute Gasteiger partial charge is 0.352 e. The van der Waals surface area contributed by atoms with Gasteiger partial charge in [-0.2, -0.15) is 0 Å². The number of carbonyl (C=O) groups excluding carboxylic acids is 1. The summed E-state index contributed by atoms with van der Waals surface area (Å²) in [5.74, 6) is 0.463. The highest BCUT2D eigenvalue weighted by molar-refractivity contribution is 8.00. The molecule has 1 aromatic heterocycles. The van der Waals surface area contributed by atoms with Crippen LogP contribution in [0.15, 0.2) is 58.3 Å². The number of thiazole rings is 1. The smallest absolute Gasteiger partial charge is 0.226 e. The second-order valence-electron chi connectivity index (χ2n) is 5.96. The topological polar surface area (TPSA) is 42.0 Å². The Morgan fingerprint density at radius 2 is 1.81 bits per heavy atom. The molecule has 0 spiro atoms. The molecule has 1 heterocycles. The van der Waals surface area contributed by atoms with Crippen LogP contribution in [0.3, 0.4) is 0 Å². The van der Waals surface area contributed by atoms with Crippen LogP contribution in [0.25, 0.3) is 0 Å². The second-order valence-corrected chi connectivity index (χ2v) is 8.04. The van der Waals surface area contributed by atoms with Crippen LogP contribution >= 0.6 is 23.1 Å². The standard InChI is InChI=1S/C20H19FN2OS2/c1-14-2-4-15(5-3-14)11-22-19(24)10-18-13-26-20(23-18)25-12-16-6-8-17(21)9-7-16/h2-9,13H,10-12H2,1H3,(H,22,24). The first-order valence-electron chi connectivity index (χ1n) is 8.22. The van der Waals surface area contributed by atoms with E-state index in [0.717, 1.165) is 26.9 Å². The number of benzene rings is 2. The van der Waals surface area contributed by atoms with Crippen LogP contribution < -0.4 is 5.32 Å². The van der Waals surface area contributed by atoms with Crippen molar-refractivity contribution in [2.75, 3.05) is 0 Å². The highest BCUT2D eigenvalue weighted by atomic mass is 32.2. The van der Waals surface area contributed by atoms with Gasteiger partial charge in [0.1, 0.15) is 10.2 Å². The molecule has 0 bridgehead atoms. The Labute approximate surface area is 160 Å². The number of aromatic nitrogens is 1. The van der Waals surface area contributed by atoms with Crippen LogP contribution in [0.4, 0.5) is 4.39 Å². The van der Waals surface area contributed by atoms with E-state index >= 15 is 0 Å². The number of carbonyl (C=O) groups is 1. The lowest BCUT2D eigenvalue weighted by Crippen LogP contribution is -2.24. The summed E-state index contributed by atoms with van der Waals surface area (Å²) < 4.78 is 13.8. The molecule has 0 aliphatic carbocycles. The number of rotatable bonds is 7. The predicted molar refractivity (Wildman–Crippen MR) is 105 cm³/mol. The second kappa shape index (κ2) is 8.96. The highest BCUT2D eigenvalue weighted by Gasteiger charge is 2.08. The summed E-state index contributed by atoms with van der Waals surface area (Å²) in [5.41, 5.74) is 4.10. The molecule has 0 aliphatic rings. The number of thioether (sulfide) groups is 1. The summed E-state index contributed by atoms with van der Waals surface area (Å²) in [6, 6.07) is 14.6. The van der Waals surface area contributed by atoms with Crippen molar-refractivity contribution < 1.29 is 9.18 Å². The molecule has 2 aromatic carbocycles. The zero-order chi connectivity index (χ0) is 18.4. The molecule has 0 saturated carbocycles. The molecule has 0 fully saturated rings. The molecule has 0 saturated heterocycles. The van der Waals surface area contributed by atoms with Crippen molar-refractivity contribution in [1.82, 2.24) is 10.3 Å². The van der Waals surface area contributed by atoms with E-state index < -0.39 is 0 Å². The maximum Gasteiger partial charge on any atom is 0.226 e. The van der Waals surface area contributed by atoms with Gasteiger partial charge < -0.3 is 5.32 Å². The Kier molecular flexibility index (Phi) is 6.41. The van der Waals surface area contributed by atoms with E-state index in [2.05, 4.69) is 10.3 Å². The van der Waals surface area contributed by atoms with Gasteiger partial charge in [-0.25, -0.2) is 9.37 Å². The number of aryl methyl sites for hydroxylation is 1. The number of hydrogen-bond acceptors (Lipinski definition) is 4. The number of halogens is 1. The Balaban J connectivity index is 1.45. The van der Waals surface area contributed by atoms with Gasteiger partial charge >= 0.3 is 0 Å². The van der Waals surface area contributed by atoms with Gasteiger partial charge in [-0.1, -0.05) is 53.7 Å². The Morgan fingerprint density at radius 3 is 2.54 bits per heavy atom. The van der Waals surface area contributed by atoms with E-state index in [0.29, 0.717) is 6.54 Å². The average Bonchev–Trinajstić information content (AvgIpc) is 3.08. The maximum absolute atomic E-state index is 12.9. The molecular weight excluding hydrogens is 367 g/mol. The summed E-state index contributed by atoms with van der Waals surface area (Å²) in [7, 11) is 0. The number of hydrogen-bond donors (Lipinski definition) is 1. The first kappa shape index (κ1) is 18.6. The van der Waals surface area contributed by atoms with E-state index in [1.807, 2.05) is 36.6 Å². The van der Waals surface area contributed by atoms with Gasteiger partial charge in [0.2, 0.25) is 5.91 Å². The molecule has 0 unspecified atom stereocenters. The van der Waals surface area contributed by atoms with Crippen LogP contribution in [-0.4, -0.2) is 10.9 Å². The van der Waals surface area contributed by atoms with Crippen LogP contribution in [0.5, 0.6) is 0 Å². The van der Waals surface area contributed by atoms with Crippen molar-refractivity contribution in [3.05, 3.63) is 82.1 Å². The zero-order valence-electron chi connectivity index (χ0n) is 14.4. The molecule has 3 nitrogen and oxygen atoms in total. The van der Waals surface area contributed by atoms with Crippen LogP contribution in [0.2, 0.25) is 0 Å². The third-order valence-electron chi connectivity index (χ3n) is 3.76. The molecule has 1 N–H and O–H groups in total. The summed E-state index contributed by atoms with van der Waals surface area (Å²) in [5, 5.41) is 4.84. The van der Waals surface area contributed by atoms with Crippen molar-refractivity contribution in [3.8, 4) is 0 Å². The molecule has 3 rings (SSSR count). The zero-order valence-corrected chi connectivity index (χ0v) is 16.0. The van der Waals surface area contributed by atoms with Gasteiger partial charge in [-0.05, 0) is 30.2 Å². The number of amides is 1. The van der Waals surface area contributed by atoms with Crippen molar-refractivity contribution in [2.24, 2.45) is 0 Å². The lowest BCUT2D eigenvalue weighted by molar-refractivity contribution is -0.120. The van der Waals surface area contributed by atoms with Gasteiger partial charge in [-0.15, -0.1) is 11.3 Å². The van der Waals surface area contributed by atoms with Crippen molar-refractivity contribution >= 4 is 29.0 Å². The van der Waals surface area contributed by atoms with E-state index in [1.165, 1.54) is 29.0 Å². The molecule has 0 atom stereocenters. The van der Waals surface area contributed by atoms with Crippen molar-refractivity contribution in [1.29, 1.82) is 0 Å². The van der Waals surface area contributed by atoms with Crippen molar-refractivity contribution in [2.45, 2.75) is 30.0 Å². The monoisotopic (exact) mass is 386 g/mol. The van der Waals surface area contributed by atoms with E-state index in [9.17, 15) is 9.18 Å². The van der Waals surface area contributed by atoms with Gasteiger partial charge in [0, 0.05) is 17.7 Å². The lowest BCUT2D eigenvalue weighted by Gasteiger charge is -2.04. The van der Waals surface area contributed by atoms with Crippen LogP contribution in [0, 0.1) is 12.7 Å². The lowest BCUT2D eigenvalue weighted by atomic mass is 10.1. The SMILES string of the molecule is Cc1ccc(CNC(=O)Cc2csc(SCc3ccc(F)cc3)n2)cc1. The predicted octanol–water partition coefficient (Wildman–Crippen LogP) is 4.74. The van der Waals surface area contributed by atoms with E-state index in [4.69, 9.17) is 0 Å². The first-order chi connectivity index (χ1) is 12.6. The number of nitrogens with zero attached hydrogens (tertiary/aromatic N) is 1. The van der Waals surface area contributed by atoms with E-state index in [1.54, 1.807) is 23.9 Å². The van der Waals surface area contributed by atoms with Crippen molar-refractivity contribution in [3.63, 3.8) is 0 Å². The van der Waals surface area contributed by atoms with E-state index in [-0.39, 0.29) is 18.1 Å². The Hall–Kier alpha value is -2.18. The van der Waals surface area contributed by atoms with Gasteiger partial charge in [-0.3, -0.25) is 4.79 Å². The molecule has 3 aromatic rings. The van der Waals surface area contributed by atoms with Gasteiger partial charge in [0.25, 0.3) is 0 Å². The van der Waals surface area contributed by atoms with Gasteiger partial charge in [0.15, 0.2) is 0 Å². The molecular formula is C20H19FN2OS2. The van der Waals surface area contributed by atoms with Crippen LogP contribution in [-0.2, 0) is 23.5 Å². The van der Waals surface area contributed by atoms with Gasteiger partial charge in [0.05, 0.1) is 12.1 Å². The molecule has 6 heteroatoms. The normalized spacial score (nSPS) is 10.7. The quantitative estimate of drug-likeness (QED) is 0.596. The number of nitrogens with one attached hydrogen (secondary N) is 1. The fourth-order valence-corrected chi connectivity index (χ4v) is 4.10. The molecule has 26 heavy (non-hydrogen) atoms. The third kappa shape index (κ3) is 5.68. The van der Waals surface area contributed by atoms with Crippen LogP contribution in [0.1, 0.15) is 22.4 Å². The minimum atomic E-state index is -0.230. The summed E-state index contributed by atoms with van der Waals surface area (Å²) >= 11 is 3.12. The average molecular weight is 387 g/mol. The Bertz CT molecular complexity index is 860. The molecule has 1 amide bonds. The minimum Gasteiger partial charge on any atom is -0.352 e. The first-order valence-corrected chi connectivity index (χ1v) is 10.1. The summed E-state index contributed by atoms with van der Waals surface area (Å²) in [6.07, 6.45) is 0.277.